The van der Waals surface area contributed by atoms with Gasteiger partial charge < -0.3 is 9.84 Å². The van der Waals surface area contributed by atoms with Crippen molar-refractivity contribution in [1.82, 2.24) is 0 Å². The van der Waals surface area contributed by atoms with Crippen LogP contribution in [0.1, 0.15) is 0 Å². The molecule has 0 fully saturated rings. The van der Waals surface area contributed by atoms with Crippen LogP contribution in [0.3, 0.4) is 0 Å². The lowest BCUT2D eigenvalue weighted by Gasteiger charge is -2.08. The largest absolute Gasteiger partial charge is 0.507 e. The van der Waals surface area contributed by atoms with Crippen LogP contribution in [-0.2, 0) is 0 Å². The minimum atomic E-state index is 0.265. The fraction of sp³-hybridized carbons (Fsp3) is 0. The molecule has 0 saturated heterocycles. The van der Waals surface area contributed by atoms with Crippen LogP contribution in [0.15, 0.2) is 78.9 Å². The van der Waals surface area contributed by atoms with Gasteiger partial charge in [0.05, 0.1) is 0 Å². The van der Waals surface area contributed by atoms with Crippen LogP contribution in [0.25, 0.3) is 21.5 Å². The van der Waals surface area contributed by atoms with Gasteiger partial charge in [0.15, 0.2) is 0 Å². The average molecular weight is 286 g/mol. The van der Waals surface area contributed by atoms with Gasteiger partial charge in [-0.1, -0.05) is 48.5 Å². The first-order chi connectivity index (χ1) is 10.8. The van der Waals surface area contributed by atoms with E-state index in [1.165, 1.54) is 5.39 Å². The van der Waals surface area contributed by atoms with Crippen molar-refractivity contribution >= 4 is 21.5 Å². The van der Waals surface area contributed by atoms with E-state index in [0.29, 0.717) is 5.75 Å². The summed E-state index contributed by atoms with van der Waals surface area (Å²) >= 11 is 0. The molecule has 4 aromatic rings. The van der Waals surface area contributed by atoms with Crippen molar-refractivity contribution in [2.45, 2.75) is 0 Å². The zero-order valence-corrected chi connectivity index (χ0v) is 11.9. The number of rotatable bonds is 2. The van der Waals surface area contributed by atoms with Gasteiger partial charge in [0, 0.05) is 5.39 Å². The fourth-order valence-corrected chi connectivity index (χ4v) is 2.67. The third kappa shape index (κ3) is 2.25. The first kappa shape index (κ1) is 12.7. The highest BCUT2D eigenvalue weighted by molar-refractivity contribution is 5.89. The number of fused-ring (bicyclic) bond motifs is 2. The van der Waals surface area contributed by atoms with Crippen LogP contribution in [0.4, 0.5) is 0 Å². The number of hydrogen-bond acceptors (Lipinski definition) is 2. The van der Waals surface area contributed by atoms with E-state index < -0.39 is 0 Å². The smallest absolute Gasteiger partial charge is 0.128 e. The molecule has 0 atom stereocenters. The topological polar surface area (TPSA) is 29.5 Å². The summed E-state index contributed by atoms with van der Waals surface area (Å²) in [5, 5.41) is 14.1. The van der Waals surface area contributed by atoms with Gasteiger partial charge in [-0.05, 0) is 46.5 Å². The molecule has 0 aliphatic carbocycles. The second-order valence-electron chi connectivity index (χ2n) is 5.27. The highest BCUT2D eigenvalue weighted by atomic mass is 16.5. The van der Waals surface area contributed by atoms with E-state index in [2.05, 4.69) is 12.1 Å². The normalized spacial score (nSPS) is 10.9. The molecule has 2 heteroatoms. The summed E-state index contributed by atoms with van der Waals surface area (Å²) in [6.07, 6.45) is 0. The van der Waals surface area contributed by atoms with Gasteiger partial charge in [-0.15, -0.1) is 0 Å². The summed E-state index contributed by atoms with van der Waals surface area (Å²) in [6, 6.07) is 25.4. The Bertz CT molecular complexity index is 973. The molecule has 4 rings (SSSR count). The zero-order valence-electron chi connectivity index (χ0n) is 11.9. The Morgan fingerprint density at radius 1 is 0.591 bits per heavy atom. The van der Waals surface area contributed by atoms with E-state index in [-0.39, 0.29) is 5.75 Å². The molecule has 0 amide bonds. The maximum atomic E-state index is 9.95. The first-order valence-electron chi connectivity index (χ1n) is 7.18. The first-order valence-corrected chi connectivity index (χ1v) is 7.18. The molecule has 4 aromatic carbocycles. The molecular formula is C20H14O2. The molecule has 0 bridgehead atoms. The van der Waals surface area contributed by atoms with Gasteiger partial charge in [0.2, 0.25) is 0 Å². The van der Waals surface area contributed by atoms with Crippen molar-refractivity contribution < 1.29 is 9.84 Å². The predicted octanol–water partition coefficient (Wildman–Crippen LogP) is 5.49. The minimum Gasteiger partial charge on any atom is -0.507 e. The third-order valence-electron chi connectivity index (χ3n) is 3.79. The van der Waals surface area contributed by atoms with Crippen LogP contribution in [-0.4, -0.2) is 5.11 Å². The second-order valence-corrected chi connectivity index (χ2v) is 5.27. The van der Waals surface area contributed by atoms with Gasteiger partial charge in [0.1, 0.15) is 17.2 Å². The summed E-state index contributed by atoms with van der Waals surface area (Å²) in [4.78, 5) is 0. The fourth-order valence-electron chi connectivity index (χ4n) is 2.67. The molecule has 0 spiro atoms. The highest BCUT2D eigenvalue weighted by Crippen LogP contribution is 2.31. The van der Waals surface area contributed by atoms with Gasteiger partial charge in [0.25, 0.3) is 0 Å². The van der Waals surface area contributed by atoms with E-state index in [4.69, 9.17) is 4.74 Å². The molecule has 2 nitrogen and oxygen atoms in total. The maximum Gasteiger partial charge on any atom is 0.128 e. The summed E-state index contributed by atoms with van der Waals surface area (Å²) in [6.45, 7) is 0. The van der Waals surface area contributed by atoms with Gasteiger partial charge >= 0.3 is 0 Å². The van der Waals surface area contributed by atoms with Crippen LogP contribution in [0.2, 0.25) is 0 Å². The molecular weight excluding hydrogens is 272 g/mol. The summed E-state index contributed by atoms with van der Waals surface area (Å²) in [7, 11) is 0. The molecule has 106 valence electrons. The molecule has 0 unspecified atom stereocenters. The van der Waals surface area contributed by atoms with Gasteiger partial charge in [-0.25, -0.2) is 0 Å². The Balaban J connectivity index is 1.73. The number of phenolic OH excluding ortho intramolecular Hbond substituents is 1. The number of phenols is 1. The molecule has 0 aliphatic rings. The lowest BCUT2D eigenvalue weighted by atomic mass is 10.1. The number of ether oxygens (including phenoxy) is 1. The summed E-state index contributed by atoms with van der Waals surface area (Å²) in [5.74, 6) is 1.76. The number of aromatic hydroxyl groups is 1. The minimum absolute atomic E-state index is 0.265. The SMILES string of the molecule is Oc1cccc2ccc(Oc3ccc4ccccc4c3)cc12. The van der Waals surface area contributed by atoms with E-state index in [0.717, 1.165) is 21.9 Å². The van der Waals surface area contributed by atoms with Crippen molar-refractivity contribution in [3.05, 3.63) is 78.9 Å². The van der Waals surface area contributed by atoms with Gasteiger partial charge in [-0.2, -0.15) is 0 Å². The lowest BCUT2D eigenvalue weighted by molar-refractivity contribution is 0.476. The molecule has 0 heterocycles. The molecule has 22 heavy (non-hydrogen) atoms. The van der Waals surface area contributed by atoms with Crippen molar-refractivity contribution in [2.24, 2.45) is 0 Å². The Morgan fingerprint density at radius 2 is 1.27 bits per heavy atom. The zero-order chi connectivity index (χ0) is 14.9. The molecule has 0 aliphatic heterocycles. The molecule has 0 radical (unpaired) electrons. The summed E-state index contributed by atoms with van der Waals surface area (Å²) < 4.78 is 5.94. The van der Waals surface area contributed by atoms with E-state index >= 15 is 0 Å². The average Bonchev–Trinajstić information content (AvgIpc) is 2.56. The number of benzene rings is 4. The van der Waals surface area contributed by atoms with E-state index in [1.54, 1.807) is 6.07 Å². The van der Waals surface area contributed by atoms with Crippen molar-refractivity contribution in [1.29, 1.82) is 0 Å². The highest BCUT2D eigenvalue weighted by Gasteiger charge is 2.03. The van der Waals surface area contributed by atoms with Crippen molar-refractivity contribution in [3.8, 4) is 17.2 Å². The van der Waals surface area contributed by atoms with Crippen LogP contribution < -0.4 is 4.74 Å². The van der Waals surface area contributed by atoms with E-state index in [9.17, 15) is 5.11 Å². The Labute approximate surface area is 128 Å². The lowest BCUT2D eigenvalue weighted by Crippen LogP contribution is -1.85. The van der Waals surface area contributed by atoms with Crippen LogP contribution >= 0.6 is 0 Å². The third-order valence-corrected chi connectivity index (χ3v) is 3.79. The van der Waals surface area contributed by atoms with Crippen LogP contribution in [0.5, 0.6) is 17.2 Å². The van der Waals surface area contributed by atoms with Crippen molar-refractivity contribution in [2.75, 3.05) is 0 Å². The standard InChI is InChI=1S/C20H14O2/c21-20-7-3-6-15-9-11-18(13-19(15)20)22-17-10-8-14-4-1-2-5-16(14)12-17/h1-13,21H. The Kier molecular flexibility index (Phi) is 2.94. The van der Waals surface area contributed by atoms with Crippen LogP contribution in [0, 0.1) is 0 Å². The summed E-state index contributed by atoms with van der Waals surface area (Å²) in [5.41, 5.74) is 0. The molecule has 0 saturated carbocycles. The number of hydrogen-bond donors (Lipinski definition) is 1. The molecule has 1 N–H and O–H groups in total. The monoisotopic (exact) mass is 286 g/mol. The predicted molar refractivity (Wildman–Crippen MR) is 89.6 cm³/mol. The second kappa shape index (κ2) is 5.08. The molecule has 0 aromatic heterocycles. The Morgan fingerprint density at radius 3 is 2.14 bits per heavy atom. The van der Waals surface area contributed by atoms with Gasteiger partial charge in [-0.3, -0.25) is 0 Å². The maximum absolute atomic E-state index is 9.95. The van der Waals surface area contributed by atoms with E-state index in [1.807, 2.05) is 60.7 Å². The Hall–Kier alpha value is -3.00. The van der Waals surface area contributed by atoms with Crippen molar-refractivity contribution in [3.63, 3.8) is 0 Å². The quantitative estimate of drug-likeness (QED) is 0.528.